The van der Waals surface area contributed by atoms with Crippen LogP contribution in [0.4, 0.5) is 0 Å². The molecule has 1 fully saturated rings. The number of aromatic amines is 1. The number of H-pyrrole nitrogens is 1. The molecule has 4 aromatic rings. The molecule has 162 valence electrons. The maximum Gasteiger partial charge on any atom is 0.225 e. The largest absolute Gasteiger partial charge is 0.489 e. The molecule has 4 nitrogen and oxygen atoms in total. The number of fused-ring (bicyclic) bond motifs is 1. The van der Waals surface area contributed by atoms with Crippen molar-refractivity contribution in [2.75, 3.05) is 6.54 Å². The molecule has 0 saturated heterocycles. The molecule has 0 radical (unpaired) electrons. The van der Waals surface area contributed by atoms with Crippen LogP contribution in [-0.4, -0.2) is 22.3 Å². The normalized spacial score (nSPS) is 13.2. The minimum absolute atomic E-state index is 0.214. The summed E-state index contributed by atoms with van der Waals surface area (Å²) < 4.78 is 5.90. The Bertz CT molecular complexity index is 1180. The summed E-state index contributed by atoms with van der Waals surface area (Å²) in [6.45, 7) is 1.91. The van der Waals surface area contributed by atoms with E-state index in [0.717, 1.165) is 48.2 Å². The summed E-state index contributed by atoms with van der Waals surface area (Å²) in [6.07, 6.45) is 4.97. The number of benzene rings is 3. The number of amides is 1. The lowest BCUT2D eigenvalue weighted by atomic mass is 10.1. The zero-order valence-corrected chi connectivity index (χ0v) is 18.2. The first-order chi connectivity index (χ1) is 15.8. The molecule has 32 heavy (non-hydrogen) atoms. The predicted molar refractivity (Wildman–Crippen MR) is 127 cm³/mol. The Morgan fingerprint density at radius 2 is 1.66 bits per heavy atom. The molecule has 5 rings (SSSR count). The Kier molecular flexibility index (Phi) is 5.93. The molecular weight excluding hydrogens is 396 g/mol. The Hall–Kier alpha value is -3.53. The van der Waals surface area contributed by atoms with E-state index in [1.54, 1.807) is 0 Å². The van der Waals surface area contributed by atoms with Gasteiger partial charge in [0.1, 0.15) is 12.4 Å². The molecule has 1 amide bonds. The first-order valence-electron chi connectivity index (χ1n) is 11.4. The lowest BCUT2D eigenvalue weighted by molar-refractivity contribution is -0.133. The molecule has 0 unspecified atom stereocenters. The zero-order valence-electron chi connectivity index (χ0n) is 18.2. The molecule has 3 aromatic carbocycles. The number of aromatic nitrogens is 1. The lowest BCUT2D eigenvalue weighted by Gasteiger charge is -2.23. The number of hydrogen-bond donors (Lipinski definition) is 1. The van der Waals surface area contributed by atoms with Gasteiger partial charge in [-0.15, -0.1) is 0 Å². The van der Waals surface area contributed by atoms with Crippen molar-refractivity contribution in [2.24, 2.45) is 5.92 Å². The van der Waals surface area contributed by atoms with E-state index in [1.807, 2.05) is 41.3 Å². The third-order valence-electron chi connectivity index (χ3n) is 6.11. The second-order valence-electron chi connectivity index (χ2n) is 8.56. The maximum absolute atomic E-state index is 13.0. The summed E-state index contributed by atoms with van der Waals surface area (Å²) in [6, 6.07) is 26.6. The van der Waals surface area contributed by atoms with Crippen LogP contribution in [0.25, 0.3) is 10.9 Å². The van der Waals surface area contributed by atoms with Crippen molar-refractivity contribution in [3.05, 3.63) is 102 Å². The topological polar surface area (TPSA) is 45.3 Å². The minimum Gasteiger partial charge on any atom is -0.489 e. The van der Waals surface area contributed by atoms with Gasteiger partial charge in [0.25, 0.3) is 0 Å². The van der Waals surface area contributed by atoms with Crippen molar-refractivity contribution in [2.45, 2.75) is 32.4 Å². The number of para-hydroxylation sites is 1. The summed E-state index contributed by atoms with van der Waals surface area (Å²) in [4.78, 5) is 18.3. The molecule has 0 bridgehead atoms. The monoisotopic (exact) mass is 424 g/mol. The highest BCUT2D eigenvalue weighted by Crippen LogP contribution is 2.32. The van der Waals surface area contributed by atoms with E-state index in [1.165, 1.54) is 10.9 Å². The van der Waals surface area contributed by atoms with Crippen molar-refractivity contribution in [1.29, 1.82) is 0 Å². The quantitative estimate of drug-likeness (QED) is 0.373. The maximum atomic E-state index is 13.0. The minimum atomic E-state index is 0.214. The highest BCUT2D eigenvalue weighted by atomic mass is 16.5. The number of ether oxygens (including phenoxy) is 1. The van der Waals surface area contributed by atoms with E-state index >= 15 is 0 Å². The Balaban J connectivity index is 1.23. The first-order valence-corrected chi connectivity index (χ1v) is 11.4. The summed E-state index contributed by atoms with van der Waals surface area (Å²) >= 11 is 0. The van der Waals surface area contributed by atoms with Crippen molar-refractivity contribution in [3.63, 3.8) is 0 Å². The van der Waals surface area contributed by atoms with Crippen LogP contribution in [0.1, 0.15) is 29.5 Å². The second kappa shape index (κ2) is 9.31. The highest BCUT2D eigenvalue weighted by molar-refractivity contribution is 5.83. The van der Waals surface area contributed by atoms with Gasteiger partial charge in [-0.3, -0.25) is 4.79 Å². The average Bonchev–Trinajstić information content (AvgIpc) is 3.62. The van der Waals surface area contributed by atoms with Crippen molar-refractivity contribution >= 4 is 16.8 Å². The van der Waals surface area contributed by atoms with Gasteiger partial charge < -0.3 is 14.6 Å². The van der Waals surface area contributed by atoms with Crippen molar-refractivity contribution in [3.8, 4) is 5.75 Å². The number of carbonyl (C=O) groups is 1. The van der Waals surface area contributed by atoms with E-state index < -0.39 is 0 Å². The molecule has 1 aliphatic rings. The molecule has 1 aliphatic carbocycles. The van der Waals surface area contributed by atoms with Crippen LogP contribution in [0.3, 0.4) is 0 Å². The molecule has 1 N–H and O–H groups in total. The van der Waals surface area contributed by atoms with Gasteiger partial charge in [0.05, 0.1) is 0 Å². The number of hydrogen-bond acceptors (Lipinski definition) is 2. The van der Waals surface area contributed by atoms with Crippen LogP contribution < -0.4 is 4.74 Å². The standard InChI is InChI=1S/C28H28N2O2/c31-28(23-12-13-23)30(17-16-24-18-29-27-9-5-4-8-26(24)27)19-21-10-14-25(15-11-21)32-20-22-6-2-1-3-7-22/h1-11,14-15,18,23,29H,12-13,16-17,19-20H2. The van der Waals surface area contributed by atoms with Crippen LogP contribution in [0.5, 0.6) is 5.75 Å². The molecule has 1 saturated carbocycles. The first kappa shape index (κ1) is 20.4. The summed E-state index contributed by atoms with van der Waals surface area (Å²) in [5, 5.41) is 1.24. The van der Waals surface area contributed by atoms with Gasteiger partial charge in [-0.05, 0) is 54.2 Å². The summed E-state index contributed by atoms with van der Waals surface area (Å²) in [7, 11) is 0. The SMILES string of the molecule is O=C(C1CC1)N(CCc1c[nH]c2ccccc12)Cc1ccc(OCc2ccccc2)cc1. The van der Waals surface area contributed by atoms with E-state index in [-0.39, 0.29) is 11.8 Å². The van der Waals surface area contributed by atoms with Crippen LogP contribution in [-0.2, 0) is 24.4 Å². The zero-order chi connectivity index (χ0) is 21.8. The summed E-state index contributed by atoms with van der Waals surface area (Å²) in [5.41, 5.74) is 4.69. The summed E-state index contributed by atoms with van der Waals surface area (Å²) in [5.74, 6) is 1.34. The van der Waals surface area contributed by atoms with E-state index in [0.29, 0.717) is 13.2 Å². The number of rotatable bonds is 9. The van der Waals surface area contributed by atoms with Gasteiger partial charge in [0, 0.05) is 36.1 Å². The molecule has 0 atom stereocenters. The van der Waals surface area contributed by atoms with Gasteiger partial charge in [-0.2, -0.15) is 0 Å². The van der Waals surface area contributed by atoms with Crippen LogP contribution in [0.2, 0.25) is 0 Å². The van der Waals surface area contributed by atoms with Gasteiger partial charge >= 0.3 is 0 Å². The molecule has 0 aliphatic heterocycles. The predicted octanol–water partition coefficient (Wildman–Crippen LogP) is 5.73. The number of nitrogens with zero attached hydrogens (tertiary/aromatic N) is 1. The van der Waals surface area contributed by atoms with E-state index in [2.05, 4.69) is 53.6 Å². The molecule has 1 aromatic heterocycles. The fourth-order valence-electron chi connectivity index (χ4n) is 4.10. The molecule has 0 spiro atoms. The van der Waals surface area contributed by atoms with Crippen LogP contribution >= 0.6 is 0 Å². The van der Waals surface area contributed by atoms with Gasteiger partial charge in [-0.1, -0.05) is 60.7 Å². The third kappa shape index (κ3) is 4.86. The number of nitrogens with one attached hydrogen (secondary N) is 1. The van der Waals surface area contributed by atoms with Gasteiger partial charge in [-0.25, -0.2) is 0 Å². The second-order valence-corrected chi connectivity index (χ2v) is 8.56. The smallest absolute Gasteiger partial charge is 0.225 e. The van der Waals surface area contributed by atoms with Crippen molar-refractivity contribution in [1.82, 2.24) is 9.88 Å². The number of carbonyl (C=O) groups excluding carboxylic acids is 1. The Morgan fingerprint density at radius 3 is 2.44 bits per heavy atom. The van der Waals surface area contributed by atoms with Crippen LogP contribution in [0, 0.1) is 5.92 Å². The van der Waals surface area contributed by atoms with E-state index in [9.17, 15) is 4.79 Å². The fraction of sp³-hybridized carbons (Fsp3) is 0.250. The van der Waals surface area contributed by atoms with Gasteiger partial charge in [0.2, 0.25) is 5.91 Å². The Labute approximate surface area is 188 Å². The van der Waals surface area contributed by atoms with Crippen molar-refractivity contribution < 1.29 is 9.53 Å². The molecule has 4 heteroatoms. The lowest BCUT2D eigenvalue weighted by Crippen LogP contribution is -2.33. The third-order valence-corrected chi connectivity index (χ3v) is 6.11. The fourth-order valence-corrected chi connectivity index (χ4v) is 4.10. The average molecular weight is 425 g/mol. The molecular formula is C28H28N2O2. The van der Waals surface area contributed by atoms with Crippen LogP contribution in [0.15, 0.2) is 85.1 Å². The van der Waals surface area contributed by atoms with Gasteiger partial charge in [0.15, 0.2) is 0 Å². The highest BCUT2D eigenvalue weighted by Gasteiger charge is 2.33. The molecule has 1 heterocycles. The Morgan fingerprint density at radius 1 is 0.906 bits per heavy atom. The van der Waals surface area contributed by atoms with E-state index in [4.69, 9.17) is 4.74 Å².